The first-order chi connectivity index (χ1) is 9.77. The van der Waals surface area contributed by atoms with Gasteiger partial charge in [0.05, 0.1) is 6.04 Å². The van der Waals surface area contributed by atoms with E-state index in [1.807, 2.05) is 0 Å². The molecule has 2 unspecified atom stereocenters. The number of benzene rings is 1. The molecule has 21 heavy (non-hydrogen) atoms. The van der Waals surface area contributed by atoms with Crippen molar-refractivity contribution < 1.29 is 18.0 Å². The molecule has 0 fully saturated rings. The molecule has 1 heterocycles. The van der Waals surface area contributed by atoms with Crippen LogP contribution in [-0.2, 0) is 16.3 Å². The number of sulfone groups is 1. The van der Waals surface area contributed by atoms with Crippen LogP contribution in [0.15, 0.2) is 28.8 Å². The summed E-state index contributed by atoms with van der Waals surface area (Å²) in [7, 11) is -3.29. The maximum Gasteiger partial charge on any atom is 0.243 e. The Balaban J connectivity index is 2.12. The van der Waals surface area contributed by atoms with Gasteiger partial charge in [-0.3, -0.25) is 0 Å². The molecule has 2 atom stereocenters. The Kier molecular flexibility index (Phi) is 4.29. The third kappa shape index (κ3) is 3.79. The van der Waals surface area contributed by atoms with Gasteiger partial charge in [-0.05, 0) is 31.0 Å². The molecule has 0 bridgehead atoms. The van der Waals surface area contributed by atoms with Gasteiger partial charge >= 0.3 is 0 Å². The molecule has 0 amide bonds. The molecule has 0 aliphatic carbocycles. The second kappa shape index (κ2) is 5.82. The Labute approximate surface area is 122 Å². The van der Waals surface area contributed by atoms with Crippen LogP contribution >= 0.6 is 0 Å². The number of aromatic nitrogens is 2. The second-order valence-corrected chi connectivity index (χ2v) is 7.31. The van der Waals surface area contributed by atoms with Crippen LogP contribution in [0.25, 0.3) is 0 Å². The zero-order valence-electron chi connectivity index (χ0n) is 11.7. The summed E-state index contributed by atoms with van der Waals surface area (Å²) in [5.41, 5.74) is 6.88. The molecule has 2 rings (SSSR count). The number of phenols is 1. The van der Waals surface area contributed by atoms with Gasteiger partial charge in [-0.15, -0.1) is 0 Å². The molecule has 0 radical (unpaired) electrons. The predicted octanol–water partition coefficient (Wildman–Crippen LogP) is 1.12. The van der Waals surface area contributed by atoms with Crippen LogP contribution in [0, 0.1) is 0 Å². The van der Waals surface area contributed by atoms with Crippen LogP contribution in [-0.4, -0.2) is 29.9 Å². The molecule has 1 aromatic carbocycles. The van der Waals surface area contributed by atoms with Crippen molar-refractivity contribution in [1.29, 1.82) is 0 Å². The largest absolute Gasteiger partial charge is 0.508 e. The topological polar surface area (TPSA) is 119 Å². The van der Waals surface area contributed by atoms with Gasteiger partial charge in [0.2, 0.25) is 5.89 Å². The van der Waals surface area contributed by atoms with E-state index in [2.05, 4.69) is 10.1 Å². The first-order valence-corrected chi connectivity index (χ1v) is 8.28. The van der Waals surface area contributed by atoms with Gasteiger partial charge in [0.1, 0.15) is 11.0 Å². The summed E-state index contributed by atoms with van der Waals surface area (Å²) in [6, 6.07) is 6.07. The molecule has 3 N–H and O–H groups in total. The summed E-state index contributed by atoms with van der Waals surface area (Å²) >= 11 is 0. The van der Waals surface area contributed by atoms with E-state index in [9.17, 15) is 13.5 Å². The molecule has 0 spiro atoms. The number of hydrogen-bond donors (Lipinski definition) is 2. The predicted molar refractivity (Wildman–Crippen MR) is 76.3 cm³/mol. The molecular formula is C13H17N3O4S. The van der Waals surface area contributed by atoms with Crippen molar-refractivity contribution in [2.45, 2.75) is 24.6 Å². The highest BCUT2D eigenvalue weighted by Crippen LogP contribution is 2.21. The van der Waals surface area contributed by atoms with E-state index in [-0.39, 0.29) is 17.5 Å². The molecule has 0 saturated heterocycles. The lowest BCUT2D eigenvalue weighted by Crippen LogP contribution is -2.14. The summed E-state index contributed by atoms with van der Waals surface area (Å²) in [6.45, 7) is 1.50. The van der Waals surface area contributed by atoms with Gasteiger partial charge in [0.15, 0.2) is 15.7 Å². The Morgan fingerprint density at radius 3 is 2.52 bits per heavy atom. The highest BCUT2D eigenvalue weighted by atomic mass is 32.2. The number of nitrogens with zero attached hydrogens (tertiary/aromatic N) is 2. The minimum Gasteiger partial charge on any atom is -0.508 e. The zero-order chi connectivity index (χ0) is 15.6. The minimum atomic E-state index is -3.29. The fraction of sp³-hybridized carbons (Fsp3) is 0.385. The first kappa shape index (κ1) is 15.5. The molecule has 0 aliphatic heterocycles. The van der Waals surface area contributed by atoms with Crippen molar-refractivity contribution in [2.24, 2.45) is 5.73 Å². The quantitative estimate of drug-likeness (QED) is 0.849. The van der Waals surface area contributed by atoms with Crippen LogP contribution in [0.2, 0.25) is 0 Å². The van der Waals surface area contributed by atoms with Crippen LogP contribution in [0.4, 0.5) is 0 Å². The smallest absolute Gasteiger partial charge is 0.243 e. The highest BCUT2D eigenvalue weighted by molar-refractivity contribution is 7.90. The van der Waals surface area contributed by atoms with Gasteiger partial charge in [-0.1, -0.05) is 17.3 Å². The van der Waals surface area contributed by atoms with E-state index < -0.39 is 21.1 Å². The van der Waals surface area contributed by atoms with Gasteiger partial charge in [-0.2, -0.15) is 4.98 Å². The van der Waals surface area contributed by atoms with Crippen molar-refractivity contribution in [3.63, 3.8) is 0 Å². The Morgan fingerprint density at radius 1 is 1.33 bits per heavy atom. The number of phenolic OH excluding ortho intramolecular Hbond substituents is 1. The van der Waals surface area contributed by atoms with Gasteiger partial charge < -0.3 is 15.4 Å². The average Bonchev–Trinajstić information content (AvgIpc) is 2.89. The summed E-state index contributed by atoms with van der Waals surface area (Å²) in [5.74, 6) is 0.469. The molecule has 2 aromatic rings. The maximum absolute atomic E-state index is 11.5. The Morgan fingerprint density at radius 2 is 1.95 bits per heavy atom. The van der Waals surface area contributed by atoms with Crippen molar-refractivity contribution >= 4 is 9.84 Å². The fourth-order valence-corrected chi connectivity index (χ4v) is 2.21. The number of nitrogens with two attached hydrogens (primary N) is 1. The van der Waals surface area contributed by atoms with E-state index >= 15 is 0 Å². The number of aromatic hydroxyl groups is 1. The normalized spacial score (nSPS) is 14.8. The van der Waals surface area contributed by atoms with E-state index in [4.69, 9.17) is 10.3 Å². The average molecular weight is 311 g/mol. The maximum atomic E-state index is 11.5. The molecule has 1 aromatic heterocycles. The van der Waals surface area contributed by atoms with Gasteiger partial charge in [0.25, 0.3) is 0 Å². The molecule has 0 saturated carbocycles. The number of hydrogen-bond acceptors (Lipinski definition) is 7. The lowest BCUT2D eigenvalue weighted by atomic mass is 10.1. The Hall–Kier alpha value is -1.93. The Bertz CT molecular complexity index is 709. The van der Waals surface area contributed by atoms with Crippen LogP contribution in [0.5, 0.6) is 5.75 Å². The molecular weight excluding hydrogens is 294 g/mol. The molecule has 7 nitrogen and oxygen atoms in total. The lowest BCUT2D eigenvalue weighted by molar-refractivity contribution is 0.350. The van der Waals surface area contributed by atoms with E-state index in [0.717, 1.165) is 11.8 Å². The van der Waals surface area contributed by atoms with Crippen molar-refractivity contribution in [1.82, 2.24) is 10.1 Å². The molecule has 114 valence electrons. The standard InChI is InChI=1S/C13H17N3O4S/c1-8(21(2,18)19)12-15-13(20-16-12)11(14)7-9-3-5-10(17)6-4-9/h3-6,8,11,17H,7,14H2,1-2H3. The minimum absolute atomic E-state index is 0.105. The molecule has 8 heteroatoms. The fourth-order valence-electron chi connectivity index (χ4n) is 1.73. The lowest BCUT2D eigenvalue weighted by Gasteiger charge is -2.07. The van der Waals surface area contributed by atoms with Crippen LogP contribution in [0.3, 0.4) is 0 Å². The second-order valence-electron chi connectivity index (χ2n) is 4.94. The summed E-state index contributed by atoms with van der Waals surface area (Å²) in [5, 5.41) is 12.1. The highest BCUT2D eigenvalue weighted by Gasteiger charge is 2.24. The first-order valence-electron chi connectivity index (χ1n) is 6.33. The van der Waals surface area contributed by atoms with E-state index in [1.165, 1.54) is 6.92 Å². The summed E-state index contributed by atoms with van der Waals surface area (Å²) in [4.78, 5) is 4.06. The van der Waals surface area contributed by atoms with E-state index in [1.54, 1.807) is 24.3 Å². The zero-order valence-corrected chi connectivity index (χ0v) is 12.5. The monoisotopic (exact) mass is 311 g/mol. The van der Waals surface area contributed by atoms with E-state index in [0.29, 0.717) is 6.42 Å². The third-order valence-electron chi connectivity index (χ3n) is 3.17. The number of rotatable bonds is 5. The van der Waals surface area contributed by atoms with Crippen molar-refractivity contribution in [2.75, 3.05) is 6.26 Å². The third-order valence-corrected chi connectivity index (χ3v) is 4.67. The summed E-state index contributed by atoms with van der Waals surface area (Å²) < 4.78 is 28.0. The van der Waals surface area contributed by atoms with Crippen LogP contribution < -0.4 is 5.73 Å². The molecule has 0 aliphatic rings. The van der Waals surface area contributed by atoms with Crippen molar-refractivity contribution in [3.05, 3.63) is 41.5 Å². The SMILES string of the molecule is CC(c1noc(C(N)Cc2ccc(O)cc2)n1)S(C)(=O)=O. The van der Waals surface area contributed by atoms with Crippen LogP contribution in [0.1, 0.15) is 35.5 Å². The van der Waals surface area contributed by atoms with Gasteiger partial charge in [0, 0.05) is 6.26 Å². The van der Waals surface area contributed by atoms with Gasteiger partial charge in [-0.25, -0.2) is 8.42 Å². The summed E-state index contributed by atoms with van der Waals surface area (Å²) in [6.07, 6.45) is 1.55. The van der Waals surface area contributed by atoms with Crippen molar-refractivity contribution in [3.8, 4) is 5.75 Å².